The van der Waals surface area contributed by atoms with Gasteiger partial charge in [-0.25, -0.2) is 8.42 Å². The Morgan fingerprint density at radius 2 is 1.64 bits per heavy atom. The van der Waals surface area contributed by atoms with E-state index in [-0.39, 0.29) is 21.4 Å². The van der Waals surface area contributed by atoms with Crippen molar-refractivity contribution < 1.29 is 22.7 Å². The first-order valence-corrected chi connectivity index (χ1v) is 12.8. The van der Waals surface area contributed by atoms with Crippen LogP contribution in [0.4, 0.5) is 5.69 Å². The van der Waals surface area contributed by atoms with Crippen molar-refractivity contribution in [3.05, 3.63) is 58.6 Å². The van der Waals surface area contributed by atoms with E-state index >= 15 is 0 Å². The molecular formula is C23H26ClN3O5S. The molecule has 1 N–H and O–H groups in total. The van der Waals surface area contributed by atoms with Gasteiger partial charge in [0.05, 0.1) is 29.5 Å². The third-order valence-corrected chi connectivity index (χ3v) is 8.21. The summed E-state index contributed by atoms with van der Waals surface area (Å²) >= 11 is 6.22. The predicted molar refractivity (Wildman–Crippen MR) is 125 cm³/mol. The van der Waals surface area contributed by atoms with Crippen LogP contribution in [-0.4, -0.2) is 68.8 Å². The van der Waals surface area contributed by atoms with Crippen LogP contribution in [0, 0.1) is 0 Å². The van der Waals surface area contributed by atoms with Crippen LogP contribution in [0.2, 0.25) is 5.02 Å². The zero-order valence-electron chi connectivity index (χ0n) is 18.1. The van der Waals surface area contributed by atoms with Crippen molar-refractivity contribution in [2.24, 2.45) is 0 Å². The van der Waals surface area contributed by atoms with Gasteiger partial charge in [-0.1, -0.05) is 30.2 Å². The number of rotatable bonds is 5. The first kappa shape index (κ1) is 23.7. The highest BCUT2D eigenvalue weighted by molar-refractivity contribution is 7.89. The molecule has 2 aliphatic rings. The maximum atomic E-state index is 13.1. The number of carbonyl (C=O) groups is 2. The highest BCUT2D eigenvalue weighted by Crippen LogP contribution is 2.28. The molecule has 2 heterocycles. The maximum absolute atomic E-state index is 13.1. The zero-order valence-corrected chi connectivity index (χ0v) is 19.7. The number of carbonyl (C=O) groups excluding carboxylic acids is 2. The molecule has 2 saturated heterocycles. The van der Waals surface area contributed by atoms with Crippen LogP contribution in [0.25, 0.3) is 0 Å². The van der Waals surface area contributed by atoms with Gasteiger partial charge < -0.3 is 15.0 Å². The molecule has 0 aromatic heterocycles. The lowest BCUT2D eigenvalue weighted by Gasteiger charge is -2.27. The summed E-state index contributed by atoms with van der Waals surface area (Å²) in [6.07, 6.45) is 2.58. The summed E-state index contributed by atoms with van der Waals surface area (Å²) in [4.78, 5) is 27.6. The Morgan fingerprint density at radius 1 is 0.939 bits per heavy atom. The number of para-hydroxylation sites is 1. The van der Waals surface area contributed by atoms with Gasteiger partial charge in [0.1, 0.15) is 4.90 Å². The van der Waals surface area contributed by atoms with Gasteiger partial charge in [0, 0.05) is 31.7 Å². The lowest BCUT2D eigenvalue weighted by atomic mass is 10.1. The number of benzene rings is 2. The second-order valence-corrected chi connectivity index (χ2v) is 10.3. The van der Waals surface area contributed by atoms with Crippen molar-refractivity contribution >= 4 is 39.1 Å². The van der Waals surface area contributed by atoms with Crippen molar-refractivity contribution in [1.82, 2.24) is 9.21 Å². The fraction of sp³-hybridized carbons (Fsp3) is 0.391. The van der Waals surface area contributed by atoms with E-state index in [9.17, 15) is 18.0 Å². The molecule has 0 spiro atoms. The Labute approximate surface area is 198 Å². The second-order valence-electron chi connectivity index (χ2n) is 8.01. The van der Waals surface area contributed by atoms with Crippen LogP contribution in [0.3, 0.4) is 0 Å². The number of ether oxygens (including phenoxy) is 1. The van der Waals surface area contributed by atoms with Crippen molar-refractivity contribution in [2.45, 2.75) is 24.2 Å². The van der Waals surface area contributed by atoms with Crippen LogP contribution in [0.5, 0.6) is 0 Å². The fourth-order valence-corrected chi connectivity index (χ4v) is 6.01. The zero-order chi connectivity index (χ0) is 23.4. The van der Waals surface area contributed by atoms with Crippen LogP contribution >= 0.6 is 11.6 Å². The summed E-state index contributed by atoms with van der Waals surface area (Å²) in [5.41, 5.74) is 0.862. The molecule has 2 fully saturated rings. The summed E-state index contributed by atoms with van der Waals surface area (Å²) in [5.74, 6) is -0.720. The van der Waals surface area contributed by atoms with Crippen LogP contribution in [-0.2, 0) is 14.8 Å². The number of piperidine rings is 1. The van der Waals surface area contributed by atoms with Crippen molar-refractivity contribution in [1.29, 1.82) is 0 Å². The average molecular weight is 492 g/mol. The summed E-state index contributed by atoms with van der Waals surface area (Å²) in [6.45, 7) is 2.78. The molecule has 2 amide bonds. The third-order valence-electron chi connectivity index (χ3n) is 5.83. The minimum absolute atomic E-state index is 0.0695. The van der Waals surface area contributed by atoms with E-state index in [2.05, 4.69) is 5.32 Å². The molecule has 0 unspecified atom stereocenters. The van der Waals surface area contributed by atoms with Crippen molar-refractivity contribution in [2.75, 3.05) is 44.7 Å². The summed E-state index contributed by atoms with van der Waals surface area (Å²) in [5, 5.41) is 2.82. The normalized spacial score (nSPS) is 17.5. The molecule has 0 aliphatic carbocycles. The van der Waals surface area contributed by atoms with Crippen LogP contribution < -0.4 is 5.32 Å². The third kappa shape index (κ3) is 5.22. The van der Waals surface area contributed by atoms with Gasteiger partial charge in [-0.15, -0.1) is 0 Å². The fourth-order valence-electron chi connectivity index (χ4n) is 4.00. The van der Waals surface area contributed by atoms with Crippen molar-refractivity contribution in [3.63, 3.8) is 0 Å². The molecule has 176 valence electrons. The number of nitrogens with one attached hydrogen (secondary N) is 1. The van der Waals surface area contributed by atoms with E-state index < -0.39 is 15.9 Å². The Kier molecular flexibility index (Phi) is 7.33. The standard InChI is InChI=1S/C23H26ClN3O5S/c24-19-9-8-17(16-21(19)33(30,31)27-10-4-1-5-11-27)22(28)25-20-7-3-2-6-18(20)23(29)26-12-14-32-15-13-26/h2-3,6-9,16H,1,4-5,10-15H2,(H,25,28). The summed E-state index contributed by atoms with van der Waals surface area (Å²) < 4.78 is 32.9. The van der Waals surface area contributed by atoms with E-state index in [0.717, 1.165) is 19.3 Å². The highest BCUT2D eigenvalue weighted by Gasteiger charge is 2.29. The minimum atomic E-state index is -3.81. The van der Waals surface area contributed by atoms with E-state index in [1.165, 1.54) is 22.5 Å². The monoisotopic (exact) mass is 491 g/mol. The number of sulfonamides is 1. The number of hydrogen-bond acceptors (Lipinski definition) is 5. The lowest BCUT2D eigenvalue weighted by Crippen LogP contribution is -2.41. The number of morpholine rings is 1. The largest absolute Gasteiger partial charge is 0.378 e. The van der Waals surface area contributed by atoms with E-state index in [1.807, 2.05) is 0 Å². The summed E-state index contributed by atoms with van der Waals surface area (Å²) in [7, 11) is -3.81. The van der Waals surface area contributed by atoms with E-state index in [0.29, 0.717) is 50.6 Å². The SMILES string of the molecule is O=C(Nc1ccccc1C(=O)N1CCOCC1)c1ccc(Cl)c(S(=O)(=O)N2CCCCC2)c1. The maximum Gasteiger partial charge on any atom is 0.256 e. The van der Waals surface area contributed by atoms with Crippen LogP contribution in [0.15, 0.2) is 47.4 Å². The molecular weight excluding hydrogens is 466 g/mol. The molecule has 0 saturated carbocycles. The molecule has 33 heavy (non-hydrogen) atoms. The van der Waals surface area contributed by atoms with Gasteiger partial charge in [0.2, 0.25) is 10.0 Å². The van der Waals surface area contributed by atoms with Gasteiger partial charge >= 0.3 is 0 Å². The quantitative estimate of drug-likeness (QED) is 0.692. The predicted octanol–water partition coefficient (Wildman–Crippen LogP) is 3.24. The molecule has 2 aromatic carbocycles. The lowest BCUT2D eigenvalue weighted by molar-refractivity contribution is 0.0303. The van der Waals surface area contributed by atoms with E-state index in [1.54, 1.807) is 29.2 Å². The molecule has 8 nitrogen and oxygen atoms in total. The number of nitrogens with zero attached hydrogens (tertiary/aromatic N) is 2. The Morgan fingerprint density at radius 3 is 2.36 bits per heavy atom. The van der Waals surface area contributed by atoms with Gasteiger partial charge in [0.15, 0.2) is 0 Å². The highest BCUT2D eigenvalue weighted by atomic mass is 35.5. The number of amides is 2. The Balaban J connectivity index is 1.58. The Hall–Kier alpha value is -2.46. The molecule has 0 radical (unpaired) electrons. The molecule has 0 bridgehead atoms. The average Bonchev–Trinajstić information content (AvgIpc) is 2.85. The van der Waals surface area contributed by atoms with E-state index in [4.69, 9.17) is 16.3 Å². The minimum Gasteiger partial charge on any atom is -0.378 e. The molecule has 2 aromatic rings. The second kappa shape index (κ2) is 10.2. The van der Waals surface area contributed by atoms with Gasteiger partial charge in [-0.2, -0.15) is 4.31 Å². The first-order chi connectivity index (χ1) is 15.9. The molecule has 4 rings (SSSR count). The first-order valence-electron chi connectivity index (χ1n) is 10.9. The smallest absolute Gasteiger partial charge is 0.256 e. The molecule has 0 atom stereocenters. The number of anilines is 1. The van der Waals surface area contributed by atoms with Gasteiger partial charge in [0.25, 0.3) is 11.8 Å². The number of halogens is 1. The molecule has 10 heteroatoms. The summed E-state index contributed by atoms with van der Waals surface area (Å²) in [6, 6.07) is 10.9. The molecule has 2 aliphatic heterocycles. The Bertz CT molecular complexity index is 1140. The topological polar surface area (TPSA) is 96.0 Å². The van der Waals surface area contributed by atoms with Gasteiger partial charge in [-0.3, -0.25) is 9.59 Å². The number of hydrogen-bond donors (Lipinski definition) is 1. The van der Waals surface area contributed by atoms with Crippen LogP contribution in [0.1, 0.15) is 40.0 Å². The van der Waals surface area contributed by atoms with Crippen molar-refractivity contribution in [3.8, 4) is 0 Å². The van der Waals surface area contributed by atoms with Gasteiger partial charge in [-0.05, 0) is 43.2 Å².